The summed E-state index contributed by atoms with van der Waals surface area (Å²) in [5.74, 6) is -0.341. The fraction of sp³-hybridized carbons (Fsp3) is 0.130. The lowest BCUT2D eigenvalue weighted by Gasteiger charge is -2.10. The summed E-state index contributed by atoms with van der Waals surface area (Å²) < 4.78 is 46.6. The van der Waals surface area contributed by atoms with Gasteiger partial charge in [0.15, 0.2) is 11.5 Å². The molecule has 0 fully saturated rings. The van der Waals surface area contributed by atoms with Gasteiger partial charge in [0.1, 0.15) is 11.3 Å². The van der Waals surface area contributed by atoms with Gasteiger partial charge in [-0.2, -0.15) is 0 Å². The highest BCUT2D eigenvalue weighted by atomic mass is 32.2. The average Bonchev–Trinajstić information content (AvgIpc) is 3.19. The molecule has 0 saturated heterocycles. The number of fused-ring (bicyclic) bond motifs is 1. The number of anilines is 2. The summed E-state index contributed by atoms with van der Waals surface area (Å²) in [5.41, 5.74) is 1.90. The molecule has 0 radical (unpaired) electrons. The number of para-hydroxylation sites is 1. The van der Waals surface area contributed by atoms with Crippen LogP contribution in [0.1, 0.15) is 36.0 Å². The van der Waals surface area contributed by atoms with Crippen LogP contribution in [-0.2, 0) is 10.0 Å². The highest BCUT2D eigenvalue weighted by Crippen LogP contribution is 2.24. The van der Waals surface area contributed by atoms with Crippen molar-refractivity contribution in [3.63, 3.8) is 0 Å². The number of nitrogens with one attached hydrogen (secondary N) is 2. The van der Waals surface area contributed by atoms with Crippen LogP contribution < -0.4 is 10.0 Å². The maximum Gasteiger partial charge on any atom is 0.261 e. The summed E-state index contributed by atoms with van der Waals surface area (Å²) in [5, 5.41) is 2.76. The van der Waals surface area contributed by atoms with Crippen molar-refractivity contribution < 1.29 is 22.0 Å². The van der Waals surface area contributed by atoms with E-state index in [4.69, 9.17) is 4.42 Å². The number of benzene rings is 3. The monoisotopic (exact) mass is 453 g/mol. The molecule has 0 aliphatic heterocycles. The number of sulfonamides is 1. The topological polar surface area (TPSA) is 101 Å². The predicted molar refractivity (Wildman–Crippen MR) is 120 cm³/mol. The van der Waals surface area contributed by atoms with Gasteiger partial charge in [0.2, 0.25) is 0 Å². The van der Waals surface area contributed by atoms with Crippen molar-refractivity contribution in [3.8, 4) is 0 Å². The van der Waals surface area contributed by atoms with E-state index in [1.54, 1.807) is 18.2 Å². The van der Waals surface area contributed by atoms with E-state index in [-0.39, 0.29) is 22.1 Å². The molecular formula is C23H20FN3O4S. The third kappa shape index (κ3) is 4.47. The van der Waals surface area contributed by atoms with Crippen LogP contribution in [-0.4, -0.2) is 19.3 Å². The molecule has 2 N–H and O–H groups in total. The van der Waals surface area contributed by atoms with Crippen molar-refractivity contribution in [3.05, 3.63) is 84.0 Å². The molecule has 9 heteroatoms. The van der Waals surface area contributed by atoms with Crippen molar-refractivity contribution in [2.24, 2.45) is 0 Å². The molecule has 0 unspecified atom stereocenters. The molecule has 0 spiro atoms. The Bertz CT molecular complexity index is 1400. The number of hydrogen-bond donors (Lipinski definition) is 2. The molecule has 4 rings (SSSR count). The zero-order valence-corrected chi connectivity index (χ0v) is 18.1. The fourth-order valence-corrected chi connectivity index (χ4v) is 4.07. The van der Waals surface area contributed by atoms with E-state index in [2.05, 4.69) is 15.0 Å². The molecule has 164 valence electrons. The first-order valence-corrected chi connectivity index (χ1v) is 11.3. The zero-order chi connectivity index (χ0) is 22.9. The number of carbonyl (C=O) groups excluding carboxylic acids is 1. The predicted octanol–water partition coefficient (Wildman–Crippen LogP) is 5.14. The number of carbonyl (C=O) groups is 1. The van der Waals surface area contributed by atoms with Crippen LogP contribution in [0, 0.1) is 5.82 Å². The summed E-state index contributed by atoms with van der Waals surface area (Å²) in [6, 6.07) is 15.9. The Morgan fingerprint density at radius 1 is 1.03 bits per heavy atom. The summed E-state index contributed by atoms with van der Waals surface area (Å²) >= 11 is 0. The molecule has 7 nitrogen and oxygen atoms in total. The van der Waals surface area contributed by atoms with E-state index in [1.165, 1.54) is 42.5 Å². The lowest BCUT2D eigenvalue weighted by molar-refractivity contribution is 0.102. The second-order valence-electron chi connectivity index (χ2n) is 7.45. The Hall–Kier alpha value is -3.72. The largest absolute Gasteiger partial charge is 0.440 e. The molecule has 0 saturated carbocycles. The molecule has 0 aliphatic carbocycles. The molecule has 1 aromatic heterocycles. The maximum atomic E-state index is 13.8. The van der Waals surface area contributed by atoms with Gasteiger partial charge in [-0.1, -0.05) is 26.0 Å². The molecule has 1 amide bonds. The SMILES string of the molecule is CC(C)c1nc2cc(NC(=O)c3ccc(S(=O)(=O)Nc4ccccc4F)cc3)ccc2o1. The van der Waals surface area contributed by atoms with Crippen LogP contribution >= 0.6 is 0 Å². The normalized spacial score (nSPS) is 11.6. The number of oxazole rings is 1. The van der Waals surface area contributed by atoms with Crippen molar-refractivity contribution in [2.45, 2.75) is 24.7 Å². The molecule has 0 aliphatic rings. The van der Waals surface area contributed by atoms with Gasteiger partial charge < -0.3 is 9.73 Å². The summed E-state index contributed by atoms with van der Waals surface area (Å²) in [4.78, 5) is 16.9. The average molecular weight is 453 g/mol. The third-order valence-electron chi connectivity index (χ3n) is 4.70. The molecular weight excluding hydrogens is 433 g/mol. The number of aromatic nitrogens is 1. The van der Waals surface area contributed by atoms with Crippen LogP contribution in [0.2, 0.25) is 0 Å². The van der Waals surface area contributed by atoms with Crippen molar-refractivity contribution in [1.82, 2.24) is 4.98 Å². The minimum atomic E-state index is -4.01. The first-order chi connectivity index (χ1) is 15.2. The number of hydrogen-bond acceptors (Lipinski definition) is 5. The van der Waals surface area contributed by atoms with E-state index in [0.29, 0.717) is 22.7 Å². The van der Waals surface area contributed by atoms with Gasteiger partial charge in [0.25, 0.3) is 15.9 Å². The fourth-order valence-electron chi connectivity index (χ4n) is 3.01. The molecule has 32 heavy (non-hydrogen) atoms. The van der Waals surface area contributed by atoms with Gasteiger partial charge in [-0.05, 0) is 54.6 Å². The lowest BCUT2D eigenvalue weighted by Crippen LogP contribution is -2.15. The van der Waals surface area contributed by atoms with Gasteiger partial charge in [-0.25, -0.2) is 17.8 Å². The number of amides is 1. The van der Waals surface area contributed by atoms with Gasteiger partial charge >= 0.3 is 0 Å². The maximum absolute atomic E-state index is 13.8. The summed E-state index contributed by atoms with van der Waals surface area (Å²) in [6.45, 7) is 3.95. The number of nitrogens with zero attached hydrogens (tertiary/aromatic N) is 1. The third-order valence-corrected chi connectivity index (χ3v) is 6.08. The van der Waals surface area contributed by atoms with Crippen LogP contribution in [0.15, 0.2) is 76.0 Å². The summed E-state index contributed by atoms with van der Waals surface area (Å²) in [6.07, 6.45) is 0. The van der Waals surface area contributed by atoms with Crippen molar-refractivity contribution in [1.29, 1.82) is 0 Å². The van der Waals surface area contributed by atoms with E-state index in [1.807, 2.05) is 13.8 Å². The van der Waals surface area contributed by atoms with Crippen LogP contribution in [0.5, 0.6) is 0 Å². The van der Waals surface area contributed by atoms with Crippen LogP contribution in [0.4, 0.5) is 15.8 Å². The van der Waals surface area contributed by atoms with Gasteiger partial charge in [-0.15, -0.1) is 0 Å². The minimum absolute atomic E-state index is 0.0949. The highest BCUT2D eigenvalue weighted by molar-refractivity contribution is 7.92. The van der Waals surface area contributed by atoms with E-state index in [0.717, 1.165) is 6.07 Å². The Kier molecular flexibility index (Phi) is 5.67. The molecule has 0 bridgehead atoms. The Morgan fingerprint density at radius 2 is 1.75 bits per heavy atom. The van der Waals surface area contributed by atoms with E-state index in [9.17, 15) is 17.6 Å². The highest BCUT2D eigenvalue weighted by Gasteiger charge is 2.17. The first kappa shape index (κ1) is 21.5. The standard InChI is InChI=1S/C23H20FN3O4S/c1-14(2)23-26-20-13-16(9-12-21(20)31-23)25-22(28)15-7-10-17(11-8-15)32(29,30)27-19-6-4-3-5-18(19)24/h3-14,27H,1-2H3,(H,25,28). The van der Waals surface area contributed by atoms with Crippen LogP contribution in [0.25, 0.3) is 11.1 Å². The Labute approximate surface area is 184 Å². The quantitative estimate of drug-likeness (QED) is 0.421. The first-order valence-electron chi connectivity index (χ1n) is 9.82. The molecule has 4 aromatic rings. The van der Waals surface area contributed by atoms with Gasteiger partial charge in [-0.3, -0.25) is 9.52 Å². The molecule has 0 atom stereocenters. The molecule has 3 aromatic carbocycles. The zero-order valence-electron chi connectivity index (χ0n) is 17.3. The second-order valence-corrected chi connectivity index (χ2v) is 9.14. The second kappa shape index (κ2) is 8.43. The Balaban J connectivity index is 1.49. The van der Waals surface area contributed by atoms with Crippen LogP contribution in [0.3, 0.4) is 0 Å². The minimum Gasteiger partial charge on any atom is -0.440 e. The number of rotatable bonds is 6. The van der Waals surface area contributed by atoms with Gasteiger partial charge in [0, 0.05) is 17.2 Å². The number of halogens is 1. The van der Waals surface area contributed by atoms with Crippen molar-refractivity contribution in [2.75, 3.05) is 10.0 Å². The Morgan fingerprint density at radius 3 is 2.44 bits per heavy atom. The lowest BCUT2D eigenvalue weighted by atomic mass is 10.2. The van der Waals surface area contributed by atoms with E-state index >= 15 is 0 Å². The smallest absolute Gasteiger partial charge is 0.261 e. The molecule has 1 heterocycles. The van der Waals surface area contributed by atoms with Crippen molar-refractivity contribution >= 4 is 38.4 Å². The van der Waals surface area contributed by atoms with Gasteiger partial charge in [0.05, 0.1) is 10.6 Å². The van der Waals surface area contributed by atoms with E-state index < -0.39 is 21.7 Å². The summed E-state index contributed by atoms with van der Waals surface area (Å²) in [7, 11) is -4.01.